The zero-order chi connectivity index (χ0) is 12.8. The van der Waals surface area contributed by atoms with Crippen molar-refractivity contribution in [1.29, 1.82) is 0 Å². The number of ketones is 1. The van der Waals surface area contributed by atoms with Crippen LogP contribution in [0.1, 0.15) is 34.1 Å². The highest BCUT2D eigenvalue weighted by Gasteiger charge is 2.18. The smallest absolute Gasteiger partial charge is 0.136 e. The van der Waals surface area contributed by atoms with Crippen molar-refractivity contribution in [2.75, 3.05) is 39.3 Å². The number of piperazine rings is 1. The van der Waals surface area contributed by atoms with Crippen LogP contribution in [0.25, 0.3) is 0 Å². The van der Waals surface area contributed by atoms with E-state index in [9.17, 15) is 4.79 Å². The van der Waals surface area contributed by atoms with Crippen molar-refractivity contribution >= 4 is 5.78 Å². The molecule has 0 atom stereocenters. The highest BCUT2D eigenvalue weighted by molar-refractivity contribution is 5.80. The number of carbonyl (C=O) groups excluding carboxylic acids is 1. The first-order valence-electron chi connectivity index (χ1n) is 6.96. The van der Waals surface area contributed by atoms with Crippen molar-refractivity contribution < 1.29 is 4.79 Å². The van der Waals surface area contributed by atoms with Crippen molar-refractivity contribution in [1.82, 2.24) is 9.80 Å². The van der Waals surface area contributed by atoms with E-state index in [1.54, 1.807) is 0 Å². The second-order valence-corrected chi connectivity index (χ2v) is 5.91. The van der Waals surface area contributed by atoms with E-state index in [-0.39, 0.29) is 5.92 Å². The number of Topliss-reactive ketones (excluding diaryl/α,β-unsaturated/α-hetero) is 1. The molecule has 100 valence electrons. The molecule has 1 saturated heterocycles. The minimum atomic E-state index is 0.192. The fourth-order valence-corrected chi connectivity index (χ4v) is 2.27. The number of carbonyl (C=O) groups is 1. The summed E-state index contributed by atoms with van der Waals surface area (Å²) >= 11 is 0. The molecule has 0 radical (unpaired) electrons. The van der Waals surface area contributed by atoms with Gasteiger partial charge in [0.2, 0.25) is 0 Å². The van der Waals surface area contributed by atoms with Gasteiger partial charge in [-0.05, 0) is 5.92 Å². The van der Waals surface area contributed by atoms with E-state index in [0.29, 0.717) is 5.78 Å². The van der Waals surface area contributed by atoms with Crippen LogP contribution in [0.5, 0.6) is 0 Å². The first kappa shape index (κ1) is 14.7. The Bertz CT molecular complexity index is 230. The summed E-state index contributed by atoms with van der Waals surface area (Å²) in [6.45, 7) is 15.2. The van der Waals surface area contributed by atoms with Crippen molar-refractivity contribution in [3.8, 4) is 0 Å². The van der Waals surface area contributed by atoms with Gasteiger partial charge in [0, 0.05) is 51.6 Å². The normalized spacial score (nSPS) is 19.2. The quantitative estimate of drug-likeness (QED) is 0.708. The highest BCUT2D eigenvalue weighted by Crippen LogP contribution is 2.07. The van der Waals surface area contributed by atoms with Crippen LogP contribution >= 0.6 is 0 Å². The zero-order valence-corrected chi connectivity index (χ0v) is 11.9. The van der Waals surface area contributed by atoms with Crippen molar-refractivity contribution in [3.05, 3.63) is 0 Å². The van der Waals surface area contributed by atoms with Crippen LogP contribution in [-0.4, -0.2) is 54.9 Å². The largest absolute Gasteiger partial charge is 0.301 e. The second kappa shape index (κ2) is 7.12. The Morgan fingerprint density at radius 2 is 1.53 bits per heavy atom. The molecule has 1 fully saturated rings. The van der Waals surface area contributed by atoms with Crippen molar-refractivity contribution in [2.24, 2.45) is 11.8 Å². The molecule has 0 saturated carbocycles. The Morgan fingerprint density at radius 3 is 2.00 bits per heavy atom. The summed E-state index contributed by atoms with van der Waals surface area (Å²) in [6, 6.07) is 0. The summed E-state index contributed by atoms with van der Waals surface area (Å²) in [5.41, 5.74) is 0. The lowest BCUT2D eigenvalue weighted by atomic mass is 10.1. The topological polar surface area (TPSA) is 23.6 Å². The van der Waals surface area contributed by atoms with E-state index < -0.39 is 0 Å². The van der Waals surface area contributed by atoms with Gasteiger partial charge >= 0.3 is 0 Å². The molecule has 3 heteroatoms. The van der Waals surface area contributed by atoms with Crippen molar-refractivity contribution in [2.45, 2.75) is 34.1 Å². The summed E-state index contributed by atoms with van der Waals surface area (Å²) in [4.78, 5) is 16.5. The van der Waals surface area contributed by atoms with Gasteiger partial charge in [0.25, 0.3) is 0 Å². The Balaban J connectivity index is 2.17. The van der Waals surface area contributed by atoms with E-state index in [0.717, 1.165) is 45.1 Å². The summed E-state index contributed by atoms with van der Waals surface area (Å²) < 4.78 is 0. The molecule has 0 bridgehead atoms. The van der Waals surface area contributed by atoms with Crippen LogP contribution in [0.15, 0.2) is 0 Å². The first-order valence-corrected chi connectivity index (χ1v) is 6.96. The van der Waals surface area contributed by atoms with Crippen LogP contribution in [0.3, 0.4) is 0 Å². The summed E-state index contributed by atoms with van der Waals surface area (Å²) in [6.07, 6.45) is 0.724. The van der Waals surface area contributed by atoms with Gasteiger partial charge in [-0.3, -0.25) is 4.79 Å². The van der Waals surface area contributed by atoms with Gasteiger partial charge in [-0.15, -0.1) is 0 Å². The maximum absolute atomic E-state index is 11.6. The van der Waals surface area contributed by atoms with Crippen LogP contribution in [-0.2, 0) is 4.79 Å². The molecule has 3 nitrogen and oxygen atoms in total. The molecular weight excluding hydrogens is 212 g/mol. The number of hydrogen-bond donors (Lipinski definition) is 0. The average Bonchev–Trinajstić information content (AvgIpc) is 2.26. The first-order chi connectivity index (χ1) is 7.99. The minimum Gasteiger partial charge on any atom is -0.301 e. The van der Waals surface area contributed by atoms with Crippen molar-refractivity contribution in [3.63, 3.8) is 0 Å². The van der Waals surface area contributed by atoms with Gasteiger partial charge in [0.1, 0.15) is 5.78 Å². The molecule has 1 aliphatic rings. The summed E-state index contributed by atoms with van der Waals surface area (Å²) in [5, 5.41) is 0. The number of rotatable bonds is 6. The van der Waals surface area contributed by atoms with E-state index in [1.807, 2.05) is 13.8 Å². The van der Waals surface area contributed by atoms with Crippen LogP contribution in [0, 0.1) is 11.8 Å². The van der Waals surface area contributed by atoms with Crippen LogP contribution in [0.4, 0.5) is 0 Å². The van der Waals surface area contributed by atoms with Gasteiger partial charge < -0.3 is 9.80 Å². The van der Waals surface area contributed by atoms with Gasteiger partial charge in [-0.2, -0.15) is 0 Å². The van der Waals surface area contributed by atoms with E-state index in [2.05, 4.69) is 23.6 Å². The third-order valence-corrected chi connectivity index (χ3v) is 3.41. The molecule has 0 aromatic carbocycles. The summed E-state index contributed by atoms with van der Waals surface area (Å²) in [7, 11) is 0. The third-order valence-electron chi connectivity index (χ3n) is 3.41. The second-order valence-electron chi connectivity index (χ2n) is 5.91. The lowest BCUT2D eigenvalue weighted by molar-refractivity contribution is -0.122. The van der Waals surface area contributed by atoms with E-state index in [4.69, 9.17) is 0 Å². The third kappa shape index (κ3) is 5.64. The van der Waals surface area contributed by atoms with Gasteiger partial charge in [-0.1, -0.05) is 27.7 Å². The monoisotopic (exact) mass is 240 g/mol. The Hall–Kier alpha value is -0.410. The fraction of sp³-hybridized carbons (Fsp3) is 0.929. The highest BCUT2D eigenvalue weighted by atomic mass is 16.1. The maximum Gasteiger partial charge on any atom is 0.136 e. The molecule has 0 aliphatic carbocycles. The Labute approximate surface area is 106 Å². The molecule has 0 spiro atoms. The molecule has 0 aromatic heterocycles. The molecule has 1 aliphatic heterocycles. The maximum atomic E-state index is 11.6. The molecule has 0 unspecified atom stereocenters. The molecule has 0 aromatic rings. The number of nitrogens with zero attached hydrogens (tertiary/aromatic N) is 2. The Morgan fingerprint density at radius 1 is 1.00 bits per heavy atom. The fourth-order valence-electron chi connectivity index (χ4n) is 2.27. The average molecular weight is 240 g/mol. The van der Waals surface area contributed by atoms with Crippen LogP contribution in [0.2, 0.25) is 0 Å². The zero-order valence-electron chi connectivity index (χ0n) is 11.9. The van der Waals surface area contributed by atoms with E-state index >= 15 is 0 Å². The number of hydrogen-bond acceptors (Lipinski definition) is 3. The van der Waals surface area contributed by atoms with Crippen LogP contribution < -0.4 is 0 Å². The van der Waals surface area contributed by atoms with Gasteiger partial charge in [0.05, 0.1) is 0 Å². The molecular formula is C14H28N2O. The lowest BCUT2D eigenvalue weighted by Gasteiger charge is -2.35. The predicted molar refractivity (Wildman–Crippen MR) is 72.2 cm³/mol. The predicted octanol–water partition coefficient (Wildman–Crippen LogP) is 1.88. The SMILES string of the molecule is CC(C)CN1CCN(CCC(=O)C(C)C)CC1. The Kier molecular flexibility index (Phi) is 6.14. The molecule has 1 heterocycles. The molecule has 17 heavy (non-hydrogen) atoms. The lowest BCUT2D eigenvalue weighted by Crippen LogP contribution is -2.47. The standard InChI is InChI=1S/C14H28N2O/c1-12(2)11-16-9-7-15(8-10-16)6-5-14(17)13(3)4/h12-13H,5-11H2,1-4H3. The molecule has 0 amide bonds. The van der Waals surface area contributed by atoms with Gasteiger partial charge in [0.15, 0.2) is 0 Å². The molecule has 1 rings (SSSR count). The summed E-state index contributed by atoms with van der Waals surface area (Å²) in [5.74, 6) is 1.34. The van der Waals surface area contributed by atoms with E-state index in [1.165, 1.54) is 6.54 Å². The molecule has 0 N–H and O–H groups in total. The van der Waals surface area contributed by atoms with Gasteiger partial charge in [-0.25, -0.2) is 0 Å². The minimum absolute atomic E-state index is 0.192.